The van der Waals surface area contributed by atoms with E-state index < -0.39 is 4.92 Å². The first-order valence-electron chi connectivity index (χ1n) is 5.17. The quantitative estimate of drug-likeness (QED) is 0.612. The lowest BCUT2D eigenvalue weighted by Gasteiger charge is -2.05. The molecule has 2 aromatic rings. The summed E-state index contributed by atoms with van der Waals surface area (Å²) in [6.45, 7) is 0. The van der Waals surface area contributed by atoms with Crippen molar-refractivity contribution in [3.8, 4) is 17.2 Å². The number of methoxy groups -OCH3 is 1. The van der Waals surface area contributed by atoms with Gasteiger partial charge in [-0.3, -0.25) is 10.1 Å². The lowest BCUT2D eigenvalue weighted by molar-refractivity contribution is -0.385. The second kappa shape index (κ2) is 5.18. The summed E-state index contributed by atoms with van der Waals surface area (Å²) in [7, 11) is 1.58. The Morgan fingerprint density at radius 1 is 1.06 bits per heavy atom. The normalized spacial score (nSPS) is 9.83. The Labute approximate surface area is 104 Å². The van der Waals surface area contributed by atoms with Crippen molar-refractivity contribution >= 4 is 5.69 Å². The minimum absolute atomic E-state index is 0.0860. The molecule has 0 spiro atoms. The average Bonchev–Trinajstić information content (AvgIpc) is 2.40. The molecule has 18 heavy (non-hydrogen) atoms. The Morgan fingerprint density at radius 2 is 1.67 bits per heavy atom. The van der Waals surface area contributed by atoms with Crippen LogP contribution in [-0.2, 0) is 0 Å². The second-order valence-electron chi connectivity index (χ2n) is 3.44. The molecule has 2 aromatic carbocycles. The van der Waals surface area contributed by atoms with E-state index in [1.54, 1.807) is 31.4 Å². The first-order chi connectivity index (χ1) is 8.69. The van der Waals surface area contributed by atoms with Gasteiger partial charge in [0.1, 0.15) is 17.2 Å². The van der Waals surface area contributed by atoms with Gasteiger partial charge in [0.2, 0.25) is 0 Å². The molecule has 5 heteroatoms. The standard InChI is InChI=1S/C13H10NO4/c1-17-11-6-8-13(9-7-11)18-12-4-2-10(3-5-12)14(15)16/h2,4-9H,1H3. The SMILES string of the molecule is COc1ccc(Oc2c[c]c([N+](=O)[O-])cc2)cc1. The summed E-state index contributed by atoms with van der Waals surface area (Å²) in [5.74, 6) is 1.85. The molecule has 0 aliphatic rings. The molecule has 0 aromatic heterocycles. The van der Waals surface area contributed by atoms with E-state index in [1.165, 1.54) is 18.2 Å². The van der Waals surface area contributed by atoms with Crippen LogP contribution in [0, 0.1) is 16.2 Å². The highest BCUT2D eigenvalue weighted by Gasteiger charge is 2.05. The fourth-order valence-electron chi connectivity index (χ4n) is 1.36. The second-order valence-corrected chi connectivity index (χ2v) is 3.44. The number of non-ortho nitro benzene ring substituents is 1. The summed E-state index contributed by atoms with van der Waals surface area (Å²) in [5.41, 5.74) is -0.0860. The van der Waals surface area contributed by atoms with Crippen LogP contribution < -0.4 is 9.47 Å². The maximum absolute atomic E-state index is 10.5. The number of ether oxygens (including phenoxy) is 2. The average molecular weight is 244 g/mol. The van der Waals surface area contributed by atoms with Crippen LogP contribution in [0.1, 0.15) is 0 Å². The Balaban J connectivity index is 2.10. The molecule has 0 aliphatic heterocycles. The third-order valence-corrected chi connectivity index (χ3v) is 2.26. The number of hydrogen-bond donors (Lipinski definition) is 0. The maximum Gasteiger partial charge on any atom is 0.277 e. The van der Waals surface area contributed by atoms with E-state index >= 15 is 0 Å². The van der Waals surface area contributed by atoms with E-state index in [0.717, 1.165) is 5.75 Å². The van der Waals surface area contributed by atoms with Gasteiger partial charge in [0, 0.05) is 6.07 Å². The van der Waals surface area contributed by atoms with Crippen LogP contribution in [0.3, 0.4) is 0 Å². The zero-order chi connectivity index (χ0) is 13.0. The van der Waals surface area contributed by atoms with Gasteiger partial charge in [-0.25, -0.2) is 0 Å². The molecule has 0 bridgehead atoms. The molecule has 2 rings (SSSR count). The van der Waals surface area contributed by atoms with Crippen LogP contribution in [0.5, 0.6) is 17.2 Å². The Hall–Kier alpha value is -2.56. The molecule has 0 heterocycles. The van der Waals surface area contributed by atoms with Gasteiger partial charge < -0.3 is 9.47 Å². The minimum Gasteiger partial charge on any atom is -0.497 e. The number of nitrogens with zero attached hydrogens (tertiary/aromatic N) is 1. The summed E-state index contributed by atoms with van der Waals surface area (Å²) in [5, 5.41) is 10.5. The number of nitro benzene ring substituents is 1. The Morgan fingerprint density at radius 3 is 2.17 bits per heavy atom. The number of nitro groups is 1. The lowest BCUT2D eigenvalue weighted by atomic mass is 10.3. The van der Waals surface area contributed by atoms with Crippen molar-refractivity contribution in [3.05, 3.63) is 58.6 Å². The zero-order valence-electron chi connectivity index (χ0n) is 9.62. The number of hydrogen-bond acceptors (Lipinski definition) is 4. The molecular weight excluding hydrogens is 234 g/mol. The van der Waals surface area contributed by atoms with Gasteiger partial charge in [0.15, 0.2) is 0 Å². The summed E-state index contributed by atoms with van der Waals surface area (Å²) in [6.07, 6.45) is 0. The monoisotopic (exact) mass is 244 g/mol. The molecular formula is C13H10NO4. The van der Waals surface area contributed by atoms with E-state index in [2.05, 4.69) is 6.07 Å². The Bertz CT molecular complexity index is 534. The van der Waals surface area contributed by atoms with Crippen LogP contribution in [-0.4, -0.2) is 12.0 Å². The van der Waals surface area contributed by atoms with Crippen LogP contribution in [0.15, 0.2) is 42.5 Å². The topological polar surface area (TPSA) is 61.6 Å². The van der Waals surface area contributed by atoms with Crippen molar-refractivity contribution in [2.75, 3.05) is 7.11 Å². The number of benzene rings is 2. The molecule has 0 N–H and O–H groups in total. The third-order valence-electron chi connectivity index (χ3n) is 2.26. The lowest BCUT2D eigenvalue weighted by Crippen LogP contribution is -1.89. The van der Waals surface area contributed by atoms with Crippen LogP contribution in [0.25, 0.3) is 0 Å². The van der Waals surface area contributed by atoms with Gasteiger partial charge in [-0.2, -0.15) is 0 Å². The molecule has 0 atom stereocenters. The summed E-state index contributed by atoms with van der Waals surface area (Å²) >= 11 is 0. The highest BCUT2D eigenvalue weighted by molar-refractivity contribution is 5.39. The van der Waals surface area contributed by atoms with E-state index in [0.29, 0.717) is 11.5 Å². The summed E-state index contributed by atoms with van der Waals surface area (Å²) in [6, 6.07) is 13.9. The summed E-state index contributed by atoms with van der Waals surface area (Å²) in [4.78, 5) is 9.96. The van der Waals surface area contributed by atoms with Gasteiger partial charge in [-0.15, -0.1) is 0 Å². The van der Waals surface area contributed by atoms with Crippen LogP contribution >= 0.6 is 0 Å². The van der Waals surface area contributed by atoms with E-state index in [9.17, 15) is 10.1 Å². The van der Waals surface area contributed by atoms with Gasteiger partial charge in [-0.1, -0.05) is 0 Å². The molecule has 0 fully saturated rings. The van der Waals surface area contributed by atoms with Gasteiger partial charge in [0.05, 0.1) is 18.1 Å². The molecule has 0 aliphatic carbocycles. The predicted molar refractivity (Wildman–Crippen MR) is 65.0 cm³/mol. The summed E-state index contributed by atoms with van der Waals surface area (Å²) < 4.78 is 10.5. The van der Waals surface area contributed by atoms with Gasteiger partial charge in [0.25, 0.3) is 5.69 Å². The minimum atomic E-state index is -0.503. The smallest absolute Gasteiger partial charge is 0.277 e. The van der Waals surface area contributed by atoms with Crippen molar-refractivity contribution in [1.29, 1.82) is 0 Å². The van der Waals surface area contributed by atoms with E-state index in [-0.39, 0.29) is 5.69 Å². The first kappa shape index (κ1) is 11.9. The van der Waals surface area contributed by atoms with Gasteiger partial charge in [-0.05, 0) is 36.4 Å². The van der Waals surface area contributed by atoms with Crippen molar-refractivity contribution < 1.29 is 14.4 Å². The molecule has 0 saturated heterocycles. The van der Waals surface area contributed by atoms with E-state index in [4.69, 9.17) is 9.47 Å². The predicted octanol–water partition coefficient (Wildman–Crippen LogP) is 3.20. The van der Waals surface area contributed by atoms with Crippen molar-refractivity contribution in [3.63, 3.8) is 0 Å². The van der Waals surface area contributed by atoms with Crippen molar-refractivity contribution in [2.45, 2.75) is 0 Å². The first-order valence-corrected chi connectivity index (χ1v) is 5.17. The van der Waals surface area contributed by atoms with Crippen LogP contribution in [0.2, 0.25) is 0 Å². The molecule has 0 saturated carbocycles. The highest BCUT2D eigenvalue weighted by atomic mass is 16.6. The molecule has 0 amide bonds. The van der Waals surface area contributed by atoms with E-state index in [1.807, 2.05) is 0 Å². The highest BCUT2D eigenvalue weighted by Crippen LogP contribution is 2.25. The molecule has 1 radical (unpaired) electrons. The van der Waals surface area contributed by atoms with Gasteiger partial charge >= 0.3 is 0 Å². The molecule has 0 unspecified atom stereocenters. The van der Waals surface area contributed by atoms with Crippen molar-refractivity contribution in [2.24, 2.45) is 0 Å². The fraction of sp³-hybridized carbons (Fsp3) is 0.0769. The molecule has 5 nitrogen and oxygen atoms in total. The third kappa shape index (κ3) is 2.76. The molecule has 91 valence electrons. The zero-order valence-corrected chi connectivity index (χ0v) is 9.62. The maximum atomic E-state index is 10.5. The van der Waals surface area contributed by atoms with Crippen LogP contribution in [0.4, 0.5) is 5.69 Å². The largest absolute Gasteiger partial charge is 0.497 e. The fourth-order valence-corrected chi connectivity index (χ4v) is 1.36. The Kier molecular flexibility index (Phi) is 3.43. The van der Waals surface area contributed by atoms with Crippen molar-refractivity contribution in [1.82, 2.24) is 0 Å². The number of rotatable bonds is 4.